The highest BCUT2D eigenvalue weighted by Crippen LogP contribution is 2.18. The Kier molecular flexibility index (Phi) is 5.03. The molecule has 0 spiro atoms. The van der Waals surface area contributed by atoms with Crippen molar-refractivity contribution in [2.24, 2.45) is 0 Å². The van der Waals surface area contributed by atoms with Crippen LogP contribution in [0.3, 0.4) is 0 Å². The van der Waals surface area contributed by atoms with Gasteiger partial charge in [0.1, 0.15) is 5.75 Å². The van der Waals surface area contributed by atoms with Gasteiger partial charge in [0, 0.05) is 6.54 Å². The van der Waals surface area contributed by atoms with E-state index in [0.29, 0.717) is 21.8 Å². The molecule has 1 aromatic carbocycles. The number of rotatable bonds is 6. The monoisotopic (exact) mass is 317 g/mol. The van der Waals surface area contributed by atoms with E-state index in [9.17, 15) is 15.7 Å². The zero-order chi connectivity index (χ0) is 17.0. The van der Waals surface area contributed by atoms with E-state index in [1.807, 2.05) is 19.0 Å². The normalized spacial score (nSPS) is 10.7. The van der Waals surface area contributed by atoms with E-state index in [4.69, 9.17) is 4.74 Å². The standard InChI is InChI=1S/C15H19N5O3/c1-18(2)8-4-7-17-15-14(10-16)19(21)13-9-11(23-3)5-6-12(13)20(15)22/h5-6,9,17H,4,7-8H2,1-3H3. The van der Waals surface area contributed by atoms with Gasteiger partial charge in [-0.1, -0.05) is 0 Å². The first-order chi connectivity index (χ1) is 11.0. The van der Waals surface area contributed by atoms with Crippen LogP contribution >= 0.6 is 0 Å². The van der Waals surface area contributed by atoms with Crippen LogP contribution < -0.4 is 19.5 Å². The molecule has 0 fully saturated rings. The number of benzene rings is 1. The zero-order valence-corrected chi connectivity index (χ0v) is 13.4. The molecule has 0 amide bonds. The van der Waals surface area contributed by atoms with Crippen LogP contribution in [0.5, 0.6) is 5.75 Å². The SMILES string of the molecule is COc1ccc2c(c1)[n+]([O-])c(C#N)c(NCCCN(C)C)[n+]2[O-]. The largest absolute Gasteiger partial charge is 0.710 e. The second-order valence-electron chi connectivity index (χ2n) is 5.34. The molecule has 1 aromatic heterocycles. The molecule has 8 heteroatoms. The minimum Gasteiger partial charge on any atom is -0.710 e. The van der Waals surface area contributed by atoms with Crippen LogP contribution in [0.1, 0.15) is 12.1 Å². The van der Waals surface area contributed by atoms with Crippen molar-refractivity contribution in [2.45, 2.75) is 6.42 Å². The summed E-state index contributed by atoms with van der Waals surface area (Å²) in [5.74, 6) is 0.414. The number of aromatic nitrogens is 2. The molecule has 1 heterocycles. The van der Waals surface area contributed by atoms with Gasteiger partial charge in [0.05, 0.1) is 19.7 Å². The van der Waals surface area contributed by atoms with Gasteiger partial charge in [0.2, 0.25) is 5.52 Å². The lowest BCUT2D eigenvalue weighted by molar-refractivity contribution is -0.620. The number of ether oxygens (including phenoxy) is 1. The molecule has 23 heavy (non-hydrogen) atoms. The molecule has 0 aliphatic rings. The topological polar surface area (TPSA) is 102 Å². The van der Waals surface area contributed by atoms with Crippen molar-refractivity contribution in [1.82, 2.24) is 4.90 Å². The molecule has 0 saturated carbocycles. The second-order valence-corrected chi connectivity index (χ2v) is 5.34. The van der Waals surface area contributed by atoms with E-state index < -0.39 is 0 Å². The summed E-state index contributed by atoms with van der Waals surface area (Å²) in [6.07, 6.45) is 0.775. The number of nitrogens with zero attached hydrogens (tertiary/aromatic N) is 4. The number of nitrogens with one attached hydrogen (secondary N) is 1. The molecule has 0 aliphatic carbocycles. The first-order valence-corrected chi connectivity index (χ1v) is 7.15. The molecule has 0 aliphatic heterocycles. The maximum atomic E-state index is 12.5. The van der Waals surface area contributed by atoms with E-state index >= 15 is 0 Å². The number of hydrogen-bond donors (Lipinski definition) is 1. The van der Waals surface area contributed by atoms with Crippen LogP contribution in [0, 0.1) is 21.7 Å². The molecule has 0 unspecified atom stereocenters. The highest BCUT2D eigenvalue weighted by atomic mass is 16.5. The number of hydrogen-bond acceptors (Lipinski definition) is 6. The molecular weight excluding hydrogens is 298 g/mol. The number of anilines is 1. The van der Waals surface area contributed by atoms with Crippen LogP contribution in [0.2, 0.25) is 0 Å². The summed E-state index contributed by atoms with van der Waals surface area (Å²) >= 11 is 0. The van der Waals surface area contributed by atoms with Crippen LogP contribution in [0.4, 0.5) is 5.82 Å². The third-order valence-electron chi connectivity index (χ3n) is 3.43. The Labute approximate surface area is 134 Å². The van der Waals surface area contributed by atoms with Crippen molar-refractivity contribution in [1.29, 1.82) is 5.26 Å². The van der Waals surface area contributed by atoms with Gasteiger partial charge in [-0.25, -0.2) is 4.73 Å². The van der Waals surface area contributed by atoms with Crippen molar-refractivity contribution in [3.8, 4) is 11.8 Å². The minimum atomic E-state index is -0.259. The van der Waals surface area contributed by atoms with Gasteiger partial charge in [-0.15, -0.1) is 4.73 Å². The van der Waals surface area contributed by atoms with Crippen LogP contribution in [-0.2, 0) is 0 Å². The lowest BCUT2D eigenvalue weighted by atomic mass is 10.2. The van der Waals surface area contributed by atoms with E-state index in [1.165, 1.54) is 19.2 Å². The lowest BCUT2D eigenvalue weighted by Gasteiger charge is -2.14. The number of nitriles is 1. The summed E-state index contributed by atoms with van der Waals surface area (Å²) in [5.41, 5.74) is 0.00950. The van der Waals surface area contributed by atoms with Crippen molar-refractivity contribution < 1.29 is 14.2 Å². The fraction of sp³-hybridized carbons (Fsp3) is 0.400. The van der Waals surface area contributed by atoms with E-state index in [-0.39, 0.29) is 22.5 Å². The average Bonchev–Trinajstić information content (AvgIpc) is 2.55. The van der Waals surface area contributed by atoms with Gasteiger partial charge in [-0.3, -0.25) is 5.32 Å². The first-order valence-electron chi connectivity index (χ1n) is 7.15. The molecule has 0 saturated heterocycles. The predicted molar refractivity (Wildman–Crippen MR) is 84.8 cm³/mol. The lowest BCUT2D eigenvalue weighted by Crippen LogP contribution is -2.44. The summed E-state index contributed by atoms with van der Waals surface area (Å²) in [6, 6.07) is 6.34. The maximum Gasteiger partial charge on any atom is 0.385 e. The van der Waals surface area contributed by atoms with Crippen LogP contribution in [0.15, 0.2) is 18.2 Å². The quantitative estimate of drug-likeness (QED) is 0.468. The zero-order valence-electron chi connectivity index (χ0n) is 13.4. The van der Waals surface area contributed by atoms with E-state index in [2.05, 4.69) is 5.32 Å². The summed E-state index contributed by atoms with van der Waals surface area (Å²) in [7, 11) is 5.36. The molecule has 0 atom stereocenters. The Bertz CT molecular complexity index is 755. The van der Waals surface area contributed by atoms with Crippen molar-refractivity contribution in [3.63, 3.8) is 0 Å². The van der Waals surface area contributed by atoms with Crippen LogP contribution in [-0.4, -0.2) is 39.2 Å². The van der Waals surface area contributed by atoms with Crippen LogP contribution in [0.25, 0.3) is 11.0 Å². The van der Waals surface area contributed by atoms with Crippen molar-refractivity contribution >= 4 is 16.9 Å². The third kappa shape index (κ3) is 3.35. The third-order valence-corrected chi connectivity index (χ3v) is 3.43. The molecule has 122 valence electrons. The highest BCUT2D eigenvalue weighted by Gasteiger charge is 2.26. The van der Waals surface area contributed by atoms with Gasteiger partial charge in [-0.2, -0.15) is 5.26 Å². The van der Waals surface area contributed by atoms with Gasteiger partial charge < -0.3 is 20.1 Å². The fourth-order valence-electron chi connectivity index (χ4n) is 2.25. The average molecular weight is 317 g/mol. The number of fused-ring (bicyclic) bond motifs is 1. The Morgan fingerprint density at radius 3 is 2.61 bits per heavy atom. The molecule has 2 aromatic rings. The molecule has 0 radical (unpaired) electrons. The van der Waals surface area contributed by atoms with Gasteiger partial charge >= 0.3 is 11.5 Å². The molecule has 1 N–H and O–H groups in total. The van der Waals surface area contributed by atoms with Gasteiger partial charge in [0.25, 0.3) is 5.52 Å². The van der Waals surface area contributed by atoms with Crippen molar-refractivity contribution in [3.05, 3.63) is 34.3 Å². The van der Waals surface area contributed by atoms with Gasteiger partial charge in [-0.05, 0) is 32.6 Å². The Hall–Kier alpha value is -2.79. The summed E-state index contributed by atoms with van der Waals surface area (Å²) in [4.78, 5) is 2.01. The molecule has 0 bridgehead atoms. The predicted octanol–water partition coefficient (Wildman–Crippen LogP) is 0.350. The second kappa shape index (κ2) is 6.98. The molecule has 8 nitrogen and oxygen atoms in total. The summed E-state index contributed by atoms with van der Waals surface area (Å²) < 4.78 is 6.10. The van der Waals surface area contributed by atoms with E-state index in [1.54, 1.807) is 12.1 Å². The Balaban J connectivity index is 2.44. The summed E-state index contributed by atoms with van der Waals surface area (Å²) in [6.45, 7) is 1.31. The first kappa shape index (κ1) is 16.6. The Morgan fingerprint density at radius 2 is 2.00 bits per heavy atom. The van der Waals surface area contributed by atoms with E-state index in [0.717, 1.165) is 13.0 Å². The number of methoxy groups -OCH3 is 1. The fourth-order valence-corrected chi connectivity index (χ4v) is 2.25. The van der Waals surface area contributed by atoms with Gasteiger partial charge in [0.15, 0.2) is 6.07 Å². The summed E-state index contributed by atoms with van der Waals surface area (Å²) in [5, 5.41) is 37.0. The van der Waals surface area contributed by atoms with Crippen molar-refractivity contribution in [2.75, 3.05) is 39.6 Å². The smallest absolute Gasteiger partial charge is 0.385 e. The molecular formula is C15H19N5O3. The Morgan fingerprint density at radius 1 is 1.26 bits per heavy atom. The minimum absolute atomic E-state index is 0.0288. The maximum absolute atomic E-state index is 12.5. The molecule has 2 rings (SSSR count). The highest BCUT2D eigenvalue weighted by molar-refractivity contribution is 5.71.